The minimum atomic E-state index is 0.00878. The molecule has 8 heteroatoms. The molecule has 0 amide bonds. The number of H-pyrrole nitrogens is 1. The van der Waals surface area contributed by atoms with Crippen LogP contribution in [-0.4, -0.2) is 45.4 Å². The van der Waals surface area contributed by atoms with E-state index in [1.807, 2.05) is 18.2 Å². The van der Waals surface area contributed by atoms with Gasteiger partial charge in [0, 0.05) is 0 Å². The molecule has 3 heterocycles. The van der Waals surface area contributed by atoms with Crippen LogP contribution in [-0.2, 0) is 16.1 Å². The number of anilines is 1. The molecule has 3 N–H and O–H groups in total. The average Bonchev–Trinajstić information content (AvgIpc) is 3.30. The Hall–Kier alpha value is -2.71. The maximum Gasteiger partial charge on any atom is 0.245 e. The summed E-state index contributed by atoms with van der Waals surface area (Å²) in [4.78, 5) is 15.2. The third kappa shape index (κ3) is 3.92. The predicted octanol–water partition coefficient (Wildman–Crippen LogP) is 2.08. The minimum Gasteiger partial charge on any atom is -0.473 e. The van der Waals surface area contributed by atoms with Gasteiger partial charge in [-0.05, 0) is 18.4 Å². The quantitative estimate of drug-likeness (QED) is 0.668. The van der Waals surface area contributed by atoms with Crippen LogP contribution in [0.2, 0.25) is 0 Å². The molecular weight excluding hydrogens is 334 g/mol. The fraction of sp³-hybridized carbons (Fsp3) is 0.389. The lowest BCUT2D eigenvalue weighted by atomic mass is 10.2. The summed E-state index contributed by atoms with van der Waals surface area (Å²) in [5.41, 5.74) is 7.98. The minimum absolute atomic E-state index is 0.00878. The summed E-state index contributed by atoms with van der Waals surface area (Å²) in [5, 5.41) is 0. The van der Waals surface area contributed by atoms with Gasteiger partial charge in [0.15, 0.2) is 5.65 Å². The highest BCUT2D eigenvalue weighted by molar-refractivity contribution is 5.76. The fourth-order valence-corrected chi connectivity index (χ4v) is 3.01. The van der Waals surface area contributed by atoms with E-state index in [2.05, 4.69) is 32.1 Å². The number of nitrogens with one attached hydrogen (secondary N) is 1. The number of nitrogen functional groups attached to an aromatic ring is 1. The number of ether oxygens (including phenoxy) is 3. The average molecular weight is 355 g/mol. The molecule has 0 unspecified atom stereocenters. The summed E-state index contributed by atoms with van der Waals surface area (Å²) in [6.07, 6.45) is 3.52. The Kier molecular flexibility index (Phi) is 4.94. The summed E-state index contributed by atoms with van der Waals surface area (Å²) in [6.45, 7) is 1.58. The number of benzene rings is 1. The van der Waals surface area contributed by atoms with Crippen molar-refractivity contribution in [2.75, 3.05) is 18.9 Å². The molecule has 0 spiro atoms. The molecule has 0 radical (unpaired) electrons. The van der Waals surface area contributed by atoms with Crippen molar-refractivity contribution in [1.82, 2.24) is 19.9 Å². The van der Waals surface area contributed by atoms with Crippen molar-refractivity contribution in [3.63, 3.8) is 0 Å². The maximum atomic E-state index is 5.99. The molecule has 136 valence electrons. The monoisotopic (exact) mass is 355 g/mol. The van der Waals surface area contributed by atoms with Crippen molar-refractivity contribution in [3.05, 3.63) is 42.2 Å². The van der Waals surface area contributed by atoms with Crippen molar-refractivity contribution < 1.29 is 14.2 Å². The molecule has 1 aromatic carbocycles. The molecule has 26 heavy (non-hydrogen) atoms. The number of rotatable bonds is 7. The number of aromatic nitrogens is 4. The summed E-state index contributed by atoms with van der Waals surface area (Å²) in [6, 6.07) is 10.1. The van der Waals surface area contributed by atoms with Crippen LogP contribution in [0, 0.1) is 0 Å². The Labute approximate surface area is 150 Å². The van der Waals surface area contributed by atoms with Crippen LogP contribution in [0.5, 0.6) is 5.88 Å². The van der Waals surface area contributed by atoms with E-state index in [1.54, 1.807) is 0 Å². The Morgan fingerprint density at radius 1 is 1.12 bits per heavy atom. The van der Waals surface area contributed by atoms with Crippen molar-refractivity contribution >= 4 is 17.1 Å². The van der Waals surface area contributed by atoms with Gasteiger partial charge in [-0.3, -0.25) is 0 Å². The molecule has 2 aromatic heterocycles. The van der Waals surface area contributed by atoms with E-state index >= 15 is 0 Å². The Morgan fingerprint density at radius 3 is 2.77 bits per heavy atom. The molecule has 1 saturated heterocycles. The number of hydrogen-bond acceptors (Lipinski definition) is 7. The standard InChI is InChI=1S/C18H21N5O3/c19-18-22-16-15(20-11-21-16)17(23-18)25-10-14-7-6-13(26-14)9-24-8-12-4-2-1-3-5-12/h1-5,11,13-14H,6-10H2,(H3,19,20,21,22,23)/t13-,14+/m0/s1. The van der Waals surface area contributed by atoms with Crippen LogP contribution in [0.4, 0.5) is 5.95 Å². The smallest absolute Gasteiger partial charge is 0.245 e. The van der Waals surface area contributed by atoms with Gasteiger partial charge in [0.25, 0.3) is 0 Å². The fourth-order valence-electron chi connectivity index (χ4n) is 3.01. The molecule has 0 aliphatic carbocycles. The Bertz CT molecular complexity index is 854. The molecule has 3 aromatic rings. The zero-order valence-electron chi connectivity index (χ0n) is 14.3. The molecule has 0 bridgehead atoms. The number of hydrogen-bond donors (Lipinski definition) is 2. The van der Waals surface area contributed by atoms with Crippen LogP contribution in [0.3, 0.4) is 0 Å². The maximum absolute atomic E-state index is 5.99. The molecule has 2 atom stereocenters. The van der Waals surface area contributed by atoms with Crippen LogP contribution < -0.4 is 10.5 Å². The highest BCUT2D eigenvalue weighted by Gasteiger charge is 2.26. The van der Waals surface area contributed by atoms with Gasteiger partial charge < -0.3 is 24.9 Å². The van der Waals surface area contributed by atoms with Crippen molar-refractivity contribution in [3.8, 4) is 5.88 Å². The summed E-state index contributed by atoms with van der Waals surface area (Å²) >= 11 is 0. The molecule has 1 fully saturated rings. The SMILES string of the molecule is Nc1nc(OC[C@H]2CC[C@@H](COCc3ccccc3)O2)c2[nH]cnc2n1. The van der Waals surface area contributed by atoms with E-state index in [0.717, 1.165) is 18.4 Å². The van der Waals surface area contributed by atoms with Crippen LogP contribution in [0.25, 0.3) is 11.2 Å². The molecule has 4 rings (SSSR count). The molecule has 1 aliphatic rings. The van der Waals surface area contributed by atoms with Crippen LogP contribution >= 0.6 is 0 Å². The molecular formula is C18H21N5O3. The topological polar surface area (TPSA) is 108 Å². The largest absolute Gasteiger partial charge is 0.473 e. The van der Waals surface area contributed by atoms with Gasteiger partial charge in [0.05, 0.1) is 31.7 Å². The highest BCUT2D eigenvalue weighted by atomic mass is 16.6. The van der Waals surface area contributed by atoms with Crippen molar-refractivity contribution in [2.45, 2.75) is 31.7 Å². The van der Waals surface area contributed by atoms with E-state index in [4.69, 9.17) is 19.9 Å². The van der Waals surface area contributed by atoms with Crippen LogP contribution in [0.1, 0.15) is 18.4 Å². The first-order chi connectivity index (χ1) is 12.8. The Morgan fingerprint density at radius 2 is 1.92 bits per heavy atom. The van der Waals surface area contributed by atoms with Gasteiger partial charge in [0.2, 0.25) is 11.8 Å². The predicted molar refractivity (Wildman–Crippen MR) is 95.6 cm³/mol. The number of fused-ring (bicyclic) bond motifs is 1. The third-order valence-electron chi connectivity index (χ3n) is 4.29. The van der Waals surface area contributed by atoms with Gasteiger partial charge in [-0.1, -0.05) is 30.3 Å². The summed E-state index contributed by atoms with van der Waals surface area (Å²) in [7, 11) is 0. The van der Waals surface area contributed by atoms with Gasteiger partial charge in [-0.15, -0.1) is 0 Å². The third-order valence-corrected chi connectivity index (χ3v) is 4.29. The van der Waals surface area contributed by atoms with Gasteiger partial charge >= 0.3 is 0 Å². The second-order valence-corrected chi connectivity index (χ2v) is 6.26. The van der Waals surface area contributed by atoms with Crippen molar-refractivity contribution in [1.29, 1.82) is 0 Å². The van der Waals surface area contributed by atoms with E-state index in [0.29, 0.717) is 36.9 Å². The molecule has 0 saturated carbocycles. The summed E-state index contributed by atoms with van der Waals surface area (Å²) in [5.74, 6) is 0.538. The second kappa shape index (κ2) is 7.67. The number of nitrogens with zero attached hydrogens (tertiary/aromatic N) is 3. The van der Waals surface area contributed by atoms with Gasteiger partial charge in [-0.2, -0.15) is 9.97 Å². The highest BCUT2D eigenvalue weighted by Crippen LogP contribution is 2.24. The first-order valence-corrected chi connectivity index (χ1v) is 8.64. The van der Waals surface area contributed by atoms with Gasteiger partial charge in [-0.25, -0.2) is 4.98 Å². The lowest BCUT2D eigenvalue weighted by Crippen LogP contribution is -2.22. The first kappa shape index (κ1) is 16.7. The van der Waals surface area contributed by atoms with Crippen LogP contribution in [0.15, 0.2) is 36.7 Å². The lowest BCUT2D eigenvalue weighted by molar-refractivity contribution is -0.0321. The zero-order chi connectivity index (χ0) is 17.8. The summed E-state index contributed by atoms with van der Waals surface area (Å²) < 4.78 is 17.6. The number of aromatic amines is 1. The number of imidazole rings is 1. The first-order valence-electron chi connectivity index (χ1n) is 8.64. The van der Waals surface area contributed by atoms with E-state index in [-0.39, 0.29) is 18.2 Å². The molecule has 8 nitrogen and oxygen atoms in total. The molecule has 1 aliphatic heterocycles. The van der Waals surface area contributed by atoms with E-state index in [1.165, 1.54) is 6.33 Å². The second-order valence-electron chi connectivity index (χ2n) is 6.26. The number of nitrogens with two attached hydrogens (primary N) is 1. The van der Waals surface area contributed by atoms with Gasteiger partial charge in [0.1, 0.15) is 12.1 Å². The van der Waals surface area contributed by atoms with E-state index in [9.17, 15) is 0 Å². The lowest BCUT2D eigenvalue weighted by Gasteiger charge is -2.15. The van der Waals surface area contributed by atoms with Crippen molar-refractivity contribution in [2.24, 2.45) is 0 Å². The van der Waals surface area contributed by atoms with E-state index < -0.39 is 0 Å². The normalized spacial score (nSPS) is 19.8. The zero-order valence-corrected chi connectivity index (χ0v) is 14.3. The Balaban J connectivity index is 1.25.